The Bertz CT molecular complexity index is 415. The molecule has 1 aromatic carbocycles. The maximum atomic E-state index is 10.2. The van der Waals surface area contributed by atoms with Gasteiger partial charge in [-0.25, -0.2) is 0 Å². The van der Waals surface area contributed by atoms with E-state index in [1.54, 1.807) is 24.5 Å². The zero-order valence-electron chi connectivity index (χ0n) is 8.62. The van der Waals surface area contributed by atoms with Gasteiger partial charge in [0.1, 0.15) is 6.10 Å². The number of aliphatic hydroxyl groups excluding tert-OH is 1. The Balaban J connectivity index is 2.29. The fourth-order valence-corrected chi connectivity index (χ4v) is 2.13. The minimum Gasteiger partial charge on any atom is -0.501 e. The Morgan fingerprint density at radius 2 is 2.12 bits per heavy atom. The molecule has 1 unspecified atom stereocenters. The Kier molecular flexibility index (Phi) is 3.74. The maximum Gasteiger partial charge on any atom is 0.105 e. The molecule has 1 aromatic rings. The first-order valence-corrected chi connectivity index (χ1v) is 5.88. The van der Waals surface area contributed by atoms with E-state index >= 15 is 0 Å². The standard InChI is InChI=1S/C12H12Cl2O2/c13-10-5-1-4-9(11(10)14)12(15)8-3-2-6-16-7-8/h1,4-5,7,12,15H,2-3,6H2. The van der Waals surface area contributed by atoms with Crippen molar-refractivity contribution in [2.24, 2.45) is 0 Å². The second kappa shape index (κ2) is 5.09. The van der Waals surface area contributed by atoms with E-state index < -0.39 is 6.10 Å². The summed E-state index contributed by atoms with van der Waals surface area (Å²) < 4.78 is 5.20. The molecule has 0 saturated heterocycles. The van der Waals surface area contributed by atoms with Crippen molar-refractivity contribution in [3.63, 3.8) is 0 Å². The van der Waals surface area contributed by atoms with Gasteiger partial charge in [-0.05, 0) is 24.5 Å². The molecule has 4 heteroatoms. The van der Waals surface area contributed by atoms with E-state index in [4.69, 9.17) is 27.9 Å². The van der Waals surface area contributed by atoms with Gasteiger partial charge < -0.3 is 9.84 Å². The molecule has 1 heterocycles. The first kappa shape index (κ1) is 11.8. The predicted octanol–water partition coefficient (Wildman–Crippen LogP) is 3.72. The normalized spacial score (nSPS) is 17.6. The van der Waals surface area contributed by atoms with Crippen LogP contribution in [0, 0.1) is 0 Å². The molecule has 2 nitrogen and oxygen atoms in total. The van der Waals surface area contributed by atoms with Gasteiger partial charge in [0.25, 0.3) is 0 Å². The van der Waals surface area contributed by atoms with Gasteiger partial charge in [0.05, 0.1) is 22.9 Å². The third kappa shape index (κ3) is 2.34. The number of hydrogen-bond donors (Lipinski definition) is 1. The van der Waals surface area contributed by atoms with Crippen LogP contribution in [0.4, 0.5) is 0 Å². The molecule has 1 atom stereocenters. The van der Waals surface area contributed by atoms with Crippen LogP contribution in [-0.2, 0) is 4.74 Å². The molecule has 0 amide bonds. The van der Waals surface area contributed by atoms with Crippen LogP contribution in [0.1, 0.15) is 24.5 Å². The van der Waals surface area contributed by atoms with Crippen molar-refractivity contribution < 1.29 is 9.84 Å². The van der Waals surface area contributed by atoms with E-state index in [-0.39, 0.29) is 0 Å². The molecule has 1 N–H and O–H groups in total. The average molecular weight is 259 g/mol. The highest BCUT2D eigenvalue weighted by atomic mass is 35.5. The molecule has 0 fully saturated rings. The predicted molar refractivity (Wildman–Crippen MR) is 64.7 cm³/mol. The summed E-state index contributed by atoms with van der Waals surface area (Å²) in [7, 11) is 0. The summed E-state index contributed by atoms with van der Waals surface area (Å²) in [6, 6.07) is 5.25. The minimum absolute atomic E-state index is 0.406. The molecule has 0 saturated carbocycles. The fraction of sp³-hybridized carbons (Fsp3) is 0.333. The zero-order chi connectivity index (χ0) is 11.5. The number of rotatable bonds is 2. The summed E-state index contributed by atoms with van der Waals surface area (Å²) >= 11 is 12.0. The molecular weight excluding hydrogens is 247 g/mol. The van der Waals surface area contributed by atoms with Gasteiger partial charge in [-0.1, -0.05) is 35.3 Å². The summed E-state index contributed by atoms with van der Waals surface area (Å²) in [6.07, 6.45) is 2.63. The van der Waals surface area contributed by atoms with Gasteiger partial charge in [-0.3, -0.25) is 0 Å². The summed E-state index contributed by atoms with van der Waals surface area (Å²) in [6.45, 7) is 0.708. The van der Waals surface area contributed by atoms with Crippen molar-refractivity contribution in [3.05, 3.63) is 45.6 Å². The maximum absolute atomic E-state index is 10.2. The van der Waals surface area contributed by atoms with E-state index in [0.717, 1.165) is 18.4 Å². The molecule has 0 radical (unpaired) electrons. The summed E-state index contributed by atoms with van der Waals surface area (Å²) in [5.74, 6) is 0. The van der Waals surface area contributed by atoms with E-state index in [9.17, 15) is 5.11 Å². The molecule has 0 aromatic heterocycles. The first-order chi connectivity index (χ1) is 7.70. The van der Waals surface area contributed by atoms with Gasteiger partial charge in [-0.2, -0.15) is 0 Å². The number of aliphatic hydroxyl groups is 1. The molecular formula is C12H12Cl2O2. The van der Waals surface area contributed by atoms with Crippen molar-refractivity contribution in [2.45, 2.75) is 18.9 Å². The summed E-state index contributed by atoms with van der Waals surface area (Å²) in [5.41, 5.74) is 1.47. The molecule has 86 valence electrons. The second-order valence-corrected chi connectivity index (χ2v) is 4.50. The number of ether oxygens (including phenoxy) is 1. The third-order valence-electron chi connectivity index (χ3n) is 2.59. The average Bonchev–Trinajstić information content (AvgIpc) is 2.33. The highest BCUT2D eigenvalue weighted by molar-refractivity contribution is 6.42. The van der Waals surface area contributed by atoms with Crippen LogP contribution in [0.3, 0.4) is 0 Å². The highest BCUT2D eigenvalue weighted by Gasteiger charge is 2.19. The van der Waals surface area contributed by atoms with Crippen molar-refractivity contribution in [1.82, 2.24) is 0 Å². The Morgan fingerprint density at radius 1 is 1.31 bits per heavy atom. The van der Waals surface area contributed by atoms with E-state index in [2.05, 4.69) is 0 Å². The van der Waals surface area contributed by atoms with Gasteiger partial charge in [0.15, 0.2) is 0 Å². The van der Waals surface area contributed by atoms with Crippen LogP contribution in [-0.4, -0.2) is 11.7 Å². The minimum atomic E-state index is -0.730. The fourth-order valence-electron chi connectivity index (χ4n) is 1.72. The van der Waals surface area contributed by atoms with Crippen LogP contribution in [0.15, 0.2) is 30.0 Å². The molecule has 0 spiro atoms. The highest BCUT2D eigenvalue weighted by Crippen LogP contribution is 2.35. The quantitative estimate of drug-likeness (QED) is 0.877. The lowest BCUT2D eigenvalue weighted by atomic mass is 9.98. The lowest BCUT2D eigenvalue weighted by Crippen LogP contribution is -2.08. The number of hydrogen-bond acceptors (Lipinski definition) is 2. The number of benzene rings is 1. The molecule has 0 bridgehead atoms. The van der Waals surface area contributed by atoms with Crippen LogP contribution in [0.5, 0.6) is 0 Å². The summed E-state index contributed by atoms with van der Waals surface area (Å²) in [4.78, 5) is 0. The van der Waals surface area contributed by atoms with Crippen molar-refractivity contribution in [3.8, 4) is 0 Å². The van der Waals surface area contributed by atoms with Gasteiger partial charge in [0.2, 0.25) is 0 Å². The SMILES string of the molecule is OC(C1=COCCC1)c1cccc(Cl)c1Cl. The van der Waals surface area contributed by atoms with E-state index in [0.29, 0.717) is 22.2 Å². The zero-order valence-corrected chi connectivity index (χ0v) is 10.1. The third-order valence-corrected chi connectivity index (χ3v) is 3.42. The van der Waals surface area contributed by atoms with Crippen molar-refractivity contribution >= 4 is 23.2 Å². The van der Waals surface area contributed by atoms with E-state index in [1.807, 2.05) is 0 Å². The molecule has 0 aliphatic carbocycles. The summed E-state index contributed by atoms with van der Waals surface area (Å²) in [5, 5.41) is 11.0. The number of halogens is 2. The van der Waals surface area contributed by atoms with Crippen molar-refractivity contribution in [2.75, 3.05) is 6.61 Å². The molecule has 16 heavy (non-hydrogen) atoms. The lowest BCUT2D eigenvalue weighted by molar-refractivity contribution is 0.170. The smallest absolute Gasteiger partial charge is 0.105 e. The van der Waals surface area contributed by atoms with E-state index in [1.165, 1.54) is 0 Å². The van der Waals surface area contributed by atoms with Gasteiger partial charge >= 0.3 is 0 Å². The van der Waals surface area contributed by atoms with Gasteiger partial charge in [-0.15, -0.1) is 0 Å². The Morgan fingerprint density at radius 3 is 2.81 bits per heavy atom. The topological polar surface area (TPSA) is 29.5 Å². The second-order valence-electron chi connectivity index (χ2n) is 3.71. The first-order valence-electron chi connectivity index (χ1n) is 5.12. The van der Waals surface area contributed by atoms with Gasteiger partial charge in [0, 0.05) is 5.56 Å². The van der Waals surface area contributed by atoms with Crippen LogP contribution in [0.2, 0.25) is 10.0 Å². The van der Waals surface area contributed by atoms with Crippen LogP contribution < -0.4 is 0 Å². The Labute approximate surface area is 104 Å². The van der Waals surface area contributed by atoms with Crippen LogP contribution >= 0.6 is 23.2 Å². The largest absolute Gasteiger partial charge is 0.501 e. The molecule has 2 rings (SSSR count). The monoisotopic (exact) mass is 258 g/mol. The Hall–Kier alpha value is -0.700. The molecule has 1 aliphatic heterocycles. The van der Waals surface area contributed by atoms with Crippen LogP contribution in [0.25, 0.3) is 0 Å². The van der Waals surface area contributed by atoms with Crippen molar-refractivity contribution in [1.29, 1.82) is 0 Å². The molecule has 1 aliphatic rings. The lowest BCUT2D eigenvalue weighted by Gasteiger charge is -2.20.